The molecule has 0 spiro atoms. The molecule has 0 aromatic carbocycles. The van der Waals surface area contributed by atoms with Crippen LogP contribution in [0.4, 0.5) is 5.69 Å². The maximum absolute atomic E-state index is 4.01. The summed E-state index contributed by atoms with van der Waals surface area (Å²) in [5.41, 5.74) is 1.18. The van der Waals surface area contributed by atoms with E-state index >= 15 is 0 Å². The lowest BCUT2D eigenvalue weighted by molar-refractivity contribution is 0.266. The monoisotopic (exact) mass is 219 g/mol. The SMILES string of the molecule is CC(C)N1CCC(CNc2ccncc2)C1. The maximum Gasteiger partial charge on any atom is 0.0371 e. The fourth-order valence-corrected chi connectivity index (χ4v) is 2.23. The van der Waals surface area contributed by atoms with Gasteiger partial charge in [0.05, 0.1) is 0 Å². The van der Waals surface area contributed by atoms with Gasteiger partial charge in [-0.25, -0.2) is 0 Å². The van der Waals surface area contributed by atoms with Crippen molar-refractivity contribution in [2.45, 2.75) is 26.3 Å². The van der Waals surface area contributed by atoms with Crippen LogP contribution < -0.4 is 5.32 Å². The number of anilines is 1. The molecule has 0 radical (unpaired) electrons. The van der Waals surface area contributed by atoms with Crippen LogP contribution in [0.2, 0.25) is 0 Å². The van der Waals surface area contributed by atoms with Crippen LogP contribution in [0.5, 0.6) is 0 Å². The molecule has 3 heteroatoms. The van der Waals surface area contributed by atoms with Gasteiger partial charge in [0.15, 0.2) is 0 Å². The van der Waals surface area contributed by atoms with Crippen LogP contribution in [0.3, 0.4) is 0 Å². The smallest absolute Gasteiger partial charge is 0.0371 e. The molecule has 88 valence electrons. The zero-order valence-electron chi connectivity index (χ0n) is 10.2. The van der Waals surface area contributed by atoms with Crippen LogP contribution in [0.1, 0.15) is 20.3 Å². The first kappa shape index (κ1) is 11.4. The first-order valence-electron chi connectivity index (χ1n) is 6.13. The average molecular weight is 219 g/mol. The summed E-state index contributed by atoms with van der Waals surface area (Å²) in [6, 6.07) is 4.73. The Labute approximate surface area is 97.9 Å². The molecule has 16 heavy (non-hydrogen) atoms. The first-order chi connectivity index (χ1) is 7.75. The van der Waals surface area contributed by atoms with E-state index in [2.05, 4.69) is 29.0 Å². The van der Waals surface area contributed by atoms with Crippen molar-refractivity contribution in [3.05, 3.63) is 24.5 Å². The minimum absolute atomic E-state index is 0.686. The number of hydrogen-bond acceptors (Lipinski definition) is 3. The van der Waals surface area contributed by atoms with Gasteiger partial charge in [0.1, 0.15) is 0 Å². The number of rotatable bonds is 4. The van der Waals surface area contributed by atoms with Crippen LogP contribution in [-0.2, 0) is 0 Å². The van der Waals surface area contributed by atoms with Gasteiger partial charge in [-0.05, 0) is 44.9 Å². The summed E-state index contributed by atoms with van der Waals surface area (Å²) in [7, 11) is 0. The van der Waals surface area contributed by atoms with Gasteiger partial charge in [-0.15, -0.1) is 0 Å². The van der Waals surface area contributed by atoms with Crippen LogP contribution in [0.25, 0.3) is 0 Å². The van der Waals surface area contributed by atoms with Crippen LogP contribution in [-0.4, -0.2) is 35.6 Å². The molecule has 1 aromatic heterocycles. The van der Waals surface area contributed by atoms with E-state index in [4.69, 9.17) is 0 Å². The van der Waals surface area contributed by atoms with E-state index in [1.54, 1.807) is 0 Å². The van der Waals surface area contributed by atoms with Gasteiger partial charge < -0.3 is 10.2 Å². The highest BCUT2D eigenvalue weighted by atomic mass is 15.2. The van der Waals surface area contributed by atoms with E-state index < -0.39 is 0 Å². The summed E-state index contributed by atoms with van der Waals surface area (Å²) >= 11 is 0. The van der Waals surface area contributed by atoms with Crippen molar-refractivity contribution in [2.75, 3.05) is 25.0 Å². The summed E-state index contributed by atoms with van der Waals surface area (Å²) in [4.78, 5) is 6.57. The molecule has 2 heterocycles. The second-order valence-electron chi connectivity index (χ2n) is 4.86. The zero-order chi connectivity index (χ0) is 11.4. The largest absolute Gasteiger partial charge is 0.385 e. The number of nitrogens with one attached hydrogen (secondary N) is 1. The average Bonchev–Trinajstić information content (AvgIpc) is 2.76. The van der Waals surface area contributed by atoms with E-state index in [9.17, 15) is 0 Å². The molecule has 1 aliphatic heterocycles. The second-order valence-corrected chi connectivity index (χ2v) is 4.86. The molecule has 0 bridgehead atoms. The van der Waals surface area contributed by atoms with E-state index in [0.717, 1.165) is 12.5 Å². The third-order valence-corrected chi connectivity index (χ3v) is 3.32. The Bertz CT molecular complexity index is 310. The molecule has 0 amide bonds. The minimum atomic E-state index is 0.686. The molecule has 0 aliphatic carbocycles. The molecule has 2 rings (SSSR count). The Morgan fingerprint density at radius 2 is 2.19 bits per heavy atom. The third-order valence-electron chi connectivity index (χ3n) is 3.32. The van der Waals surface area contributed by atoms with Crippen LogP contribution >= 0.6 is 0 Å². The molecule has 1 fully saturated rings. The van der Waals surface area contributed by atoms with Crippen molar-refractivity contribution >= 4 is 5.69 Å². The van der Waals surface area contributed by atoms with E-state index in [1.807, 2.05) is 24.5 Å². The van der Waals surface area contributed by atoms with E-state index in [0.29, 0.717) is 6.04 Å². The van der Waals surface area contributed by atoms with Gasteiger partial charge in [-0.3, -0.25) is 4.98 Å². The third kappa shape index (κ3) is 2.95. The Balaban J connectivity index is 1.76. The summed E-state index contributed by atoms with van der Waals surface area (Å²) in [5, 5.41) is 3.48. The predicted octanol–water partition coefficient (Wildman–Crippen LogP) is 2.22. The number of nitrogens with zero attached hydrogens (tertiary/aromatic N) is 2. The molecule has 1 atom stereocenters. The summed E-state index contributed by atoms with van der Waals surface area (Å²) in [6.45, 7) is 8.11. The molecule has 1 aliphatic rings. The molecule has 1 N–H and O–H groups in total. The first-order valence-corrected chi connectivity index (χ1v) is 6.13. The summed E-state index contributed by atoms with van der Waals surface area (Å²) in [6.07, 6.45) is 4.98. The molecular weight excluding hydrogens is 198 g/mol. The van der Waals surface area contributed by atoms with Gasteiger partial charge in [-0.2, -0.15) is 0 Å². The zero-order valence-corrected chi connectivity index (χ0v) is 10.2. The van der Waals surface area contributed by atoms with Crippen molar-refractivity contribution in [1.29, 1.82) is 0 Å². The predicted molar refractivity (Wildman–Crippen MR) is 67.5 cm³/mol. The Hall–Kier alpha value is -1.09. The highest BCUT2D eigenvalue weighted by Gasteiger charge is 2.23. The number of hydrogen-bond donors (Lipinski definition) is 1. The molecule has 1 saturated heterocycles. The Morgan fingerprint density at radius 3 is 2.81 bits per heavy atom. The molecule has 3 nitrogen and oxygen atoms in total. The van der Waals surface area contributed by atoms with E-state index in [1.165, 1.54) is 25.2 Å². The van der Waals surface area contributed by atoms with Gasteiger partial charge in [0.2, 0.25) is 0 Å². The van der Waals surface area contributed by atoms with Gasteiger partial charge in [-0.1, -0.05) is 0 Å². The fraction of sp³-hybridized carbons (Fsp3) is 0.615. The Kier molecular flexibility index (Phi) is 3.78. The molecule has 0 saturated carbocycles. The van der Waals surface area contributed by atoms with Gasteiger partial charge in [0.25, 0.3) is 0 Å². The lowest BCUT2D eigenvalue weighted by Crippen LogP contribution is -2.29. The lowest BCUT2D eigenvalue weighted by atomic mass is 10.1. The number of aromatic nitrogens is 1. The lowest BCUT2D eigenvalue weighted by Gasteiger charge is -2.20. The van der Waals surface area contributed by atoms with Crippen LogP contribution in [0.15, 0.2) is 24.5 Å². The number of pyridine rings is 1. The molecule has 1 aromatic rings. The normalized spacial score (nSPS) is 21.6. The van der Waals surface area contributed by atoms with Crippen molar-refractivity contribution in [1.82, 2.24) is 9.88 Å². The van der Waals surface area contributed by atoms with Crippen molar-refractivity contribution < 1.29 is 0 Å². The highest BCUT2D eigenvalue weighted by molar-refractivity contribution is 5.40. The maximum atomic E-state index is 4.01. The Morgan fingerprint density at radius 1 is 1.44 bits per heavy atom. The summed E-state index contributed by atoms with van der Waals surface area (Å²) < 4.78 is 0. The van der Waals surface area contributed by atoms with E-state index in [-0.39, 0.29) is 0 Å². The standard InChI is InChI=1S/C13H21N3/c1-11(2)16-8-5-12(10-16)9-15-13-3-6-14-7-4-13/h3-4,6-7,11-12H,5,8-10H2,1-2H3,(H,14,15). The molecular formula is C13H21N3. The van der Waals surface area contributed by atoms with Crippen molar-refractivity contribution in [3.8, 4) is 0 Å². The minimum Gasteiger partial charge on any atom is -0.385 e. The molecule has 1 unspecified atom stereocenters. The second kappa shape index (κ2) is 5.30. The fourth-order valence-electron chi connectivity index (χ4n) is 2.23. The number of likely N-dealkylation sites (tertiary alicyclic amines) is 1. The summed E-state index contributed by atoms with van der Waals surface area (Å²) in [5.74, 6) is 0.788. The van der Waals surface area contributed by atoms with Crippen molar-refractivity contribution in [3.63, 3.8) is 0 Å². The van der Waals surface area contributed by atoms with Crippen molar-refractivity contribution in [2.24, 2.45) is 5.92 Å². The van der Waals surface area contributed by atoms with Gasteiger partial charge in [0, 0.05) is 37.2 Å². The van der Waals surface area contributed by atoms with Gasteiger partial charge >= 0.3 is 0 Å². The van der Waals surface area contributed by atoms with Crippen LogP contribution in [0, 0.1) is 5.92 Å². The quantitative estimate of drug-likeness (QED) is 0.841. The highest BCUT2D eigenvalue weighted by Crippen LogP contribution is 2.19. The topological polar surface area (TPSA) is 28.2 Å².